The molecule has 1 amide bonds. The summed E-state index contributed by atoms with van der Waals surface area (Å²) in [4.78, 5) is 18.3. The van der Waals surface area contributed by atoms with E-state index in [4.69, 9.17) is 0 Å². The van der Waals surface area contributed by atoms with E-state index in [1.165, 1.54) is 12.1 Å². The van der Waals surface area contributed by atoms with Crippen LogP contribution in [0, 0.1) is 5.82 Å². The number of likely N-dealkylation sites (N-methyl/N-ethyl adjacent to an activating group) is 1. The van der Waals surface area contributed by atoms with Crippen molar-refractivity contribution >= 4 is 5.91 Å². The number of aryl methyl sites for hydroxylation is 1. The van der Waals surface area contributed by atoms with Crippen LogP contribution in [-0.2, 0) is 13.5 Å². The van der Waals surface area contributed by atoms with E-state index in [-0.39, 0.29) is 11.7 Å². The zero-order chi connectivity index (χ0) is 17.8. The molecule has 0 saturated heterocycles. The van der Waals surface area contributed by atoms with E-state index in [1.807, 2.05) is 12.1 Å². The van der Waals surface area contributed by atoms with Crippen LogP contribution >= 0.6 is 0 Å². The highest BCUT2D eigenvalue weighted by Gasteiger charge is 2.18. The van der Waals surface area contributed by atoms with Crippen molar-refractivity contribution in [3.63, 3.8) is 0 Å². The van der Waals surface area contributed by atoms with Gasteiger partial charge in [-0.05, 0) is 54.4 Å². The van der Waals surface area contributed by atoms with Crippen molar-refractivity contribution in [3.05, 3.63) is 71.9 Å². The van der Waals surface area contributed by atoms with Gasteiger partial charge in [-0.15, -0.1) is 0 Å². The molecule has 0 spiro atoms. The van der Waals surface area contributed by atoms with Crippen molar-refractivity contribution in [2.45, 2.75) is 6.42 Å². The highest BCUT2D eigenvalue weighted by atomic mass is 19.1. The molecule has 0 aliphatic rings. The number of hydrogen-bond donors (Lipinski definition) is 0. The first-order valence-electron chi connectivity index (χ1n) is 7.99. The van der Waals surface area contributed by atoms with Gasteiger partial charge in [0.2, 0.25) is 0 Å². The summed E-state index contributed by atoms with van der Waals surface area (Å²) in [6.07, 6.45) is 4.24. The van der Waals surface area contributed by atoms with Gasteiger partial charge in [-0.3, -0.25) is 14.5 Å². The summed E-state index contributed by atoms with van der Waals surface area (Å²) in [6.45, 7) is 0.597. The van der Waals surface area contributed by atoms with Crippen molar-refractivity contribution in [2.24, 2.45) is 7.05 Å². The summed E-state index contributed by atoms with van der Waals surface area (Å²) in [5.41, 5.74) is 3.05. The molecule has 1 aromatic carbocycles. The average Bonchev–Trinajstić information content (AvgIpc) is 3.02. The van der Waals surface area contributed by atoms with Crippen LogP contribution in [0.5, 0.6) is 0 Å². The Morgan fingerprint density at radius 1 is 1.16 bits per heavy atom. The van der Waals surface area contributed by atoms with Gasteiger partial charge in [-0.1, -0.05) is 0 Å². The maximum absolute atomic E-state index is 13.1. The van der Waals surface area contributed by atoms with Crippen LogP contribution in [0.25, 0.3) is 11.3 Å². The number of carbonyl (C=O) groups is 1. The highest BCUT2D eigenvalue weighted by Crippen LogP contribution is 2.20. The lowest BCUT2D eigenvalue weighted by atomic mass is 10.1. The Morgan fingerprint density at radius 3 is 2.52 bits per heavy atom. The number of amides is 1. The Morgan fingerprint density at radius 2 is 1.84 bits per heavy atom. The van der Waals surface area contributed by atoms with E-state index in [1.54, 1.807) is 54.3 Å². The Hall–Kier alpha value is -3.02. The van der Waals surface area contributed by atoms with Crippen LogP contribution in [0.1, 0.15) is 16.1 Å². The fourth-order valence-corrected chi connectivity index (χ4v) is 2.57. The number of benzene rings is 1. The first-order valence-corrected chi connectivity index (χ1v) is 7.99. The number of hydrogen-bond acceptors (Lipinski definition) is 3. The Labute approximate surface area is 145 Å². The van der Waals surface area contributed by atoms with Crippen molar-refractivity contribution < 1.29 is 9.18 Å². The van der Waals surface area contributed by atoms with E-state index in [9.17, 15) is 9.18 Å². The van der Waals surface area contributed by atoms with Gasteiger partial charge in [0.05, 0.1) is 5.69 Å². The fourth-order valence-electron chi connectivity index (χ4n) is 2.57. The van der Waals surface area contributed by atoms with Crippen LogP contribution < -0.4 is 0 Å². The number of nitrogens with zero attached hydrogens (tertiary/aromatic N) is 4. The predicted octanol–water partition coefficient (Wildman–Crippen LogP) is 2.94. The Kier molecular flexibility index (Phi) is 4.88. The minimum atomic E-state index is -0.299. The number of rotatable bonds is 5. The monoisotopic (exact) mass is 338 g/mol. The zero-order valence-electron chi connectivity index (χ0n) is 14.2. The molecule has 0 fully saturated rings. The second kappa shape index (κ2) is 7.25. The van der Waals surface area contributed by atoms with Crippen molar-refractivity contribution in [3.8, 4) is 11.3 Å². The zero-order valence-corrected chi connectivity index (χ0v) is 14.2. The molecule has 0 aliphatic heterocycles. The molecule has 5 nitrogen and oxygen atoms in total. The number of aromatic nitrogens is 3. The molecule has 0 unspecified atom stereocenters. The molecule has 6 heteroatoms. The first kappa shape index (κ1) is 16.8. The molecule has 0 N–H and O–H groups in total. The van der Waals surface area contributed by atoms with Crippen LogP contribution in [0.2, 0.25) is 0 Å². The van der Waals surface area contributed by atoms with Gasteiger partial charge >= 0.3 is 0 Å². The van der Waals surface area contributed by atoms with E-state index in [0.717, 1.165) is 17.5 Å². The van der Waals surface area contributed by atoms with Gasteiger partial charge in [0, 0.05) is 38.6 Å². The topological polar surface area (TPSA) is 51.0 Å². The van der Waals surface area contributed by atoms with Gasteiger partial charge in [0.25, 0.3) is 5.91 Å². The molecule has 0 bridgehead atoms. The third-order valence-corrected chi connectivity index (χ3v) is 4.07. The maximum atomic E-state index is 13.1. The van der Waals surface area contributed by atoms with Gasteiger partial charge in [0.15, 0.2) is 0 Å². The Balaban J connectivity index is 1.72. The van der Waals surface area contributed by atoms with Crippen molar-refractivity contribution in [1.29, 1.82) is 0 Å². The van der Waals surface area contributed by atoms with E-state index >= 15 is 0 Å². The van der Waals surface area contributed by atoms with Crippen LogP contribution in [0.3, 0.4) is 0 Å². The predicted molar refractivity (Wildman–Crippen MR) is 93.5 cm³/mol. The molecule has 2 heterocycles. The number of carbonyl (C=O) groups excluding carboxylic acids is 1. The van der Waals surface area contributed by atoms with Gasteiger partial charge in [-0.2, -0.15) is 5.10 Å². The standard InChI is InChI=1S/C19H19FN4O/c1-23(12-9-14-7-10-21-11-8-14)19(25)18-13-17(22-24(18)2)15-3-5-16(20)6-4-15/h3-8,10-11,13H,9,12H2,1-2H3. The summed E-state index contributed by atoms with van der Waals surface area (Å²) in [5, 5.41) is 4.37. The summed E-state index contributed by atoms with van der Waals surface area (Å²) in [7, 11) is 3.51. The van der Waals surface area contributed by atoms with Crippen molar-refractivity contribution in [1.82, 2.24) is 19.7 Å². The highest BCUT2D eigenvalue weighted by molar-refractivity contribution is 5.93. The van der Waals surface area contributed by atoms with Gasteiger partial charge < -0.3 is 4.90 Å². The summed E-state index contributed by atoms with van der Waals surface area (Å²) in [5.74, 6) is -0.399. The molecule has 25 heavy (non-hydrogen) atoms. The molecule has 0 radical (unpaired) electrons. The molecule has 0 saturated carbocycles. The quantitative estimate of drug-likeness (QED) is 0.719. The third kappa shape index (κ3) is 3.91. The Bertz CT molecular complexity index is 859. The first-order chi connectivity index (χ1) is 12.0. The summed E-state index contributed by atoms with van der Waals surface area (Å²) >= 11 is 0. The summed E-state index contributed by atoms with van der Waals surface area (Å²) < 4.78 is 14.6. The minimum absolute atomic E-state index is 0.0996. The van der Waals surface area contributed by atoms with E-state index < -0.39 is 0 Å². The molecular weight excluding hydrogens is 319 g/mol. The lowest BCUT2D eigenvalue weighted by Gasteiger charge is -2.16. The molecular formula is C19H19FN4O. The van der Waals surface area contributed by atoms with Crippen LogP contribution in [0.4, 0.5) is 4.39 Å². The van der Waals surface area contributed by atoms with Crippen LogP contribution in [-0.4, -0.2) is 39.2 Å². The van der Waals surface area contributed by atoms with Crippen LogP contribution in [0.15, 0.2) is 54.9 Å². The molecule has 3 aromatic rings. The normalized spacial score (nSPS) is 10.7. The second-order valence-corrected chi connectivity index (χ2v) is 5.88. The minimum Gasteiger partial charge on any atom is -0.340 e. The number of pyridine rings is 1. The largest absolute Gasteiger partial charge is 0.340 e. The fraction of sp³-hybridized carbons (Fsp3) is 0.211. The lowest BCUT2D eigenvalue weighted by molar-refractivity contribution is 0.0786. The smallest absolute Gasteiger partial charge is 0.271 e. The molecule has 3 rings (SSSR count). The number of halogens is 1. The SMILES string of the molecule is CN(CCc1ccncc1)C(=O)c1cc(-c2ccc(F)cc2)nn1C. The maximum Gasteiger partial charge on any atom is 0.271 e. The molecule has 0 aliphatic carbocycles. The molecule has 2 aromatic heterocycles. The summed E-state index contributed by atoms with van der Waals surface area (Å²) in [6, 6.07) is 11.7. The average molecular weight is 338 g/mol. The third-order valence-electron chi connectivity index (χ3n) is 4.07. The lowest BCUT2D eigenvalue weighted by Crippen LogP contribution is -2.30. The second-order valence-electron chi connectivity index (χ2n) is 5.88. The molecule has 0 atom stereocenters. The van der Waals surface area contributed by atoms with Gasteiger partial charge in [-0.25, -0.2) is 4.39 Å². The molecule has 128 valence electrons. The van der Waals surface area contributed by atoms with Crippen molar-refractivity contribution in [2.75, 3.05) is 13.6 Å². The van der Waals surface area contributed by atoms with E-state index in [0.29, 0.717) is 17.9 Å². The van der Waals surface area contributed by atoms with Gasteiger partial charge in [0.1, 0.15) is 11.5 Å². The van der Waals surface area contributed by atoms with E-state index in [2.05, 4.69) is 10.1 Å².